The van der Waals surface area contributed by atoms with E-state index in [9.17, 15) is 9.59 Å². The molecule has 6 heteroatoms. The van der Waals surface area contributed by atoms with Crippen LogP contribution in [0.3, 0.4) is 0 Å². The van der Waals surface area contributed by atoms with Crippen LogP contribution in [-0.4, -0.2) is 61.4 Å². The van der Waals surface area contributed by atoms with Crippen molar-refractivity contribution in [2.24, 2.45) is 5.92 Å². The van der Waals surface area contributed by atoms with Crippen LogP contribution >= 0.6 is 11.3 Å². The van der Waals surface area contributed by atoms with Crippen molar-refractivity contribution in [3.8, 4) is 0 Å². The van der Waals surface area contributed by atoms with Gasteiger partial charge in [-0.15, -0.1) is 11.3 Å². The van der Waals surface area contributed by atoms with Crippen LogP contribution in [0.1, 0.15) is 33.9 Å². The van der Waals surface area contributed by atoms with E-state index in [4.69, 9.17) is 0 Å². The van der Waals surface area contributed by atoms with Crippen molar-refractivity contribution in [2.45, 2.75) is 13.8 Å². The third-order valence-corrected chi connectivity index (χ3v) is 5.67. The number of nitrogens with zero attached hydrogens (tertiary/aromatic N) is 3. The summed E-state index contributed by atoms with van der Waals surface area (Å²) in [6.45, 7) is 8.75. The summed E-state index contributed by atoms with van der Waals surface area (Å²) in [5.74, 6) is 0.539. The molecule has 2 aromatic rings. The maximum Gasteiger partial charge on any atom is 0.268 e. The third kappa shape index (κ3) is 4.57. The number of para-hydroxylation sites is 1. The molecule has 1 saturated heterocycles. The van der Waals surface area contributed by atoms with Gasteiger partial charge in [0.15, 0.2) is 0 Å². The molecule has 5 nitrogen and oxygen atoms in total. The van der Waals surface area contributed by atoms with Gasteiger partial charge in [0.25, 0.3) is 11.8 Å². The molecule has 0 aliphatic carbocycles. The Balaban J connectivity index is 1.74. The summed E-state index contributed by atoms with van der Waals surface area (Å²) in [5.41, 5.74) is 1.24. The van der Waals surface area contributed by atoms with Crippen molar-refractivity contribution in [1.29, 1.82) is 0 Å². The Morgan fingerprint density at radius 1 is 1.07 bits per heavy atom. The number of benzene rings is 1. The first-order chi connectivity index (χ1) is 13.0. The Morgan fingerprint density at radius 2 is 1.78 bits per heavy atom. The van der Waals surface area contributed by atoms with E-state index in [0.717, 1.165) is 32.7 Å². The van der Waals surface area contributed by atoms with Crippen LogP contribution in [0.2, 0.25) is 0 Å². The van der Waals surface area contributed by atoms with Crippen molar-refractivity contribution in [3.05, 3.63) is 52.2 Å². The molecule has 1 aliphatic heterocycles. The maximum absolute atomic E-state index is 13.1. The second-order valence-corrected chi connectivity index (χ2v) is 8.29. The number of carbonyl (C=O) groups excluding carboxylic acids is 2. The lowest BCUT2D eigenvalue weighted by Gasteiger charge is -2.36. The highest BCUT2D eigenvalue weighted by Crippen LogP contribution is 2.24. The summed E-state index contributed by atoms with van der Waals surface area (Å²) >= 11 is 1.41. The molecule has 3 rings (SSSR count). The summed E-state index contributed by atoms with van der Waals surface area (Å²) in [6, 6.07) is 11.0. The molecular formula is C21H27N3O2S. The molecule has 2 heterocycles. The van der Waals surface area contributed by atoms with Crippen LogP contribution in [0.15, 0.2) is 41.8 Å². The molecule has 0 atom stereocenters. The third-order valence-electron chi connectivity index (χ3n) is 4.82. The van der Waals surface area contributed by atoms with Crippen molar-refractivity contribution in [1.82, 2.24) is 9.80 Å². The number of amides is 2. The lowest BCUT2D eigenvalue weighted by atomic mass is 10.1. The predicted octanol–water partition coefficient (Wildman–Crippen LogP) is 3.44. The minimum Gasteiger partial charge on any atom is -0.336 e. The average Bonchev–Trinajstić information content (AvgIpc) is 3.21. The molecule has 0 N–H and O–H groups in total. The average molecular weight is 386 g/mol. The zero-order chi connectivity index (χ0) is 19.4. The van der Waals surface area contributed by atoms with Gasteiger partial charge in [0.1, 0.15) is 0 Å². The van der Waals surface area contributed by atoms with Crippen LogP contribution in [0.5, 0.6) is 0 Å². The molecule has 144 valence electrons. The lowest BCUT2D eigenvalue weighted by Crippen LogP contribution is -2.49. The topological polar surface area (TPSA) is 43.9 Å². The normalized spacial score (nSPS) is 15.2. The Labute approximate surface area is 165 Å². The van der Waals surface area contributed by atoms with Crippen LogP contribution in [0.25, 0.3) is 0 Å². The lowest BCUT2D eigenvalue weighted by molar-refractivity contribution is 0.0624. The smallest absolute Gasteiger partial charge is 0.268 e. The van der Waals surface area contributed by atoms with Gasteiger partial charge in [-0.05, 0) is 29.5 Å². The van der Waals surface area contributed by atoms with Crippen molar-refractivity contribution in [2.75, 3.05) is 44.7 Å². The van der Waals surface area contributed by atoms with Gasteiger partial charge >= 0.3 is 0 Å². The zero-order valence-corrected chi connectivity index (χ0v) is 17.0. The Bertz CT molecular complexity index is 780. The van der Waals surface area contributed by atoms with Crippen LogP contribution in [0, 0.1) is 5.92 Å². The molecule has 0 radical (unpaired) electrons. The fourth-order valence-corrected chi connectivity index (χ4v) is 4.14. The fraction of sp³-hybridized carbons (Fsp3) is 0.429. The molecule has 1 aliphatic rings. The van der Waals surface area contributed by atoms with E-state index < -0.39 is 0 Å². The molecule has 2 amide bonds. The summed E-state index contributed by atoms with van der Waals surface area (Å²) in [6.07, 6.45) is 0. The molecule has 0 spiro atoms. The van der Waals surface area contributed by atoms with Gasteiger partial charge in [0.2, 0.25) is 0 Å². The first kappa shape index (κ1) is 19.6. The van der Waals surface area contributed by atoms with Gasteiger partial charge in [0.05, 0.1) is 16.1 Å². The molecule has 0 bridgehead atoms. The molecule has 0 unspecified atom stereocenters. The minimum absolute atomic E-state index is 0.000580. The number of piperazine rings is 1. The maximum atomic E-state index is 13.1. The van der Waals surface area contributed by atoms with E-state index in [1.54, 1.807) is 11.9 Å². The van der Waals surface area contributed by atoms with Gasteiger partial charge in [-0.25, -0.2) is 0 Å². The zero-order valence-electron chi connectivity index (χ0n) is 16.2. The number of anilines is 1. The number of hydrogen-bond acceptors (Lipinski definition) is 4. The first-order valence-electron chi connectivity index (χ1n) is 9.39. The summed E-state index contributed by atoms with van der Waals surface area (Å²) in [7, 11) is 1.73. The van der Waals surface area contributed by atoms with Crippen molar-refractivity contribution in [3.63, 3.8) is 0 Å². The Morgan fingerprint density at radius 3 is 2.41 bits per heavy atom. The van der Waals surface area contributed by atoms with E-state index in [1.807, 2.05) is 46.7 Å². The number of carbonyl (C=O) groups is 2. The van der Waals surface area contributed by atoms with E-state index in [1.165, 1.54) is 11.3 Å². The van der Waals surface area contributed by atoms with Gasteiger partial charge in [-0.2, -0.15) is 0 Å². The molecule has 1 fully saturated rings. The largest absolute Gasteiger partial charge is 0.336 e. The predicted molar refractivity (Wildman–Crippen MR) is 111 cm³/mol. The summed E-state index contributed by atoms with van der Waals surface area (Å²) in [4.78, 5) is 32.4. The van der Waals surface area contributed by atoms with Gasteiger partial charge in [-0.1, -0.05) is 32.0 Å². The highest BCUT2D eigenvalue weighted by Gasteiger charge is 2.26. The molecule has 1 aromatic carbocycles. The van der Waals surface area contributed by atoms with E-state index in [2.05, 4.69) is 18.7 Å². The first-order valence-corrected chi connectivity index (χ1v) is 10.3. The highest BCUT2D eigenvalue weighted by atomic mass is 32.1. The standard InChI is InChI=1S/C21H27N3O2S/c1-16(2)15-23-10-12-24(13-11-23)20(25)17-7-4-5-8-18(17)22(3)21(26)19-9-6-14-27-19/h4-9,14,16H,10-13,15H2,1-3H3. The fourth-order valence-electron chi connectivity index (χ4n) is 3.44. The van der Waals surface area contributed by atoms with Crippen LogP contribution in [0.4, 0.5) is 5.69 Å². The number of thiophene rings is 1. The van der Waals surface area contributed by atoms with E-state index in [-0.39, 0.29) is 11.8 Å². The Hall–Kier alpha value is -2.18. The SMILES string of the molecule is CC(C)CN1CCN(C(=O)c2ccccc2N(C)C(=O)c2cccs2)CC1. The molecule has 27 heavy (non-hydrogen) atoms. The molecule has 0 saturated carbocycles. The van der Waals surface area contributed by atoms with Crippen molar-refractivity contribution < 1.29 is 9.59 Å². The van der Waals surface area contributed by atoms with Crippen LogP contribution < -0.4 is 4.90 Å². The van der Waals surface area contributed by atoms with Gasteiger partial charge in [-0.3, -0.25) is 14.5 Å². The van der Waals surface area contributed by atoms with Gasteiger partial charge in [0, 0.05) is 39.8 Å². The second kappa shape index (κ2) is 8.67. The highest BCUT2D eigenvalue weighted by molar-refractivity contribution is 7.12. The van der Waals surface area contributed by atoms with Crippen LogP contribution in [-0.2, 0) is 0 Å². The van der Waals surface area contributed by atoms with Crippen molar-refractivity contribution >= 4 is 28.8 Å². The minimum atomic E-state index is -0.0907. The summed E-state index contributed by atoms with van der Waals surface area (Å²) in [5, 5.41) is 1.88. The summed E-state index contributed by atoms with van der Waals surface area (Å²) < 4.78 is 0. The van der Waals surface area contributed by atoms with E-state index >= 15 is 0 Å². The van der Waals surface area contributed by atoms with E-state index in [0.29, 0.717) is 22.0 Å². The quantitative estimate of drug-likeness (QED) is 0.792. The number of hydrogen-bond donors (Lipinski definition) is 0. The Kier molecular flexibility index (Phi) is 6.29. The second-order valence-electron chi connectivity index (χ2n) is 7.35. The monoisotopic (exact) mass is 385 g/mol. The number of rotatable bonds is 5. The van der Waals surface area contributed by atoms with Gasteiger partial charge < -0.3 is 9.80 Å². The molecule has 1 aromatic heterocycles. The molecular weight excluding hydrogens is 358 g/mol.